The molecule has 0 N–H and O–H groups in total. The summed E-state index contributed by atoms with van der Waals surface area (Å²) in [4.78, 5) is 16.3. The Hall–Kier alpha value is -1.42. The van der Waals surface area contributed by atoms with E-state index in [0.29, 0.717) is 13.1 Å². The van der Waals surface area contributed by atoms with E-state index in [0.717, 1.165) is 31.0 Å². The monoisotopic (exact) mass is 292 g/mol. The highest BCUT2D eigenvalue weighted by Crippen LogP contribution is 2.29. The van der Waals surface area contributed by atoms with Gasteiger partial charge in [-0.2, -0.15) is 0 Å². The fraction of sp³-hybridized carbons (Fsp3) is 0.588. The molecule has 116 valence electrons. The largest absolute Gasteiger partial charge is 0.340 e. The highest BCUT2D eigenvalue weighted by atomic mass is 19.1. The van der Waals surface area contributed by atoms with Crippen LogP contribution < -0.4 is 0 Å². The SMILES string of the molecule is CCCN(CC(=O)N(C)Cc1ccc(F)cc1)CC1CC1. The number of amides is 1. The van der Waals surface area contributed by atoms with E-state index in [1.54, 1.807) is 17.0 Å². The molecule has 1 aliphatic rings. The van der Waals surface area contributed by atoms with Gasteiger partial charge in [0, 0.05) is 20.1 Å². The van der Waals surface area contributed by atoms with Gasteiger partial charge in [0.25, 0.3) is 0 Å². The summed E-state index contributed by atoms with van der Waals surface area (Å²) >= 11 is 0. The number of nitrogens with zero attached hydrogens (tertiary/aromatic N) is 2. The number of benzene rings is 1. The summed E-state index contributed by atoms with van der Waals surface area (Å²) in [5, 5.41) is 0. The molecule has 0 atom stereocenters. The zero-order valence-electron chi connectivity index (χ0n) is 13.0. The van der Waals surface area contributed by atoms with Gasteiger partial charge in [0.1, 0.15) is 5.82 Å². The standard InChI is InChI=1S/C17H25FN2O/c1-3-10-20(12-15-4-5-15)13-17(21)19(2)11-14-6-8-16(18)9-7-14/h6-9,15H,3-5,10-13H2,1-2H3. The fourth-order valence-corrected chi connectivity index (χ4v) is 2.48. The first kappa shape index (κ1) is 16.0. The number of halogens is 1. The minimum atomic E-state index is -0.244. The third-order valence-corrected chi connectivity index (χ3v) is 3.87. The molecule has 0 radical (unpaired) electrons. The van der Waals surface area contributed by atoms with Crippen LogP contribution in [0.15, 0.2) is 24.3 Å². The van der Waals surface area contributed by atoms with Crippen molar-refractivity contribution in [2.45, 2.75) is 32.7 Å². The van der Waals surface area contributed by atoms with Crippen LogP contribution in [-0.2, 0) is 11.3 Å². The van der Waals surface area contributed by atoms with Crippen LogP contribution in [0.3, 0.4) is 0 Å². The van der Waals surface area contributed by atoms with Gasteiger partial charge in [-0.3, -0.25) is 9.69 Å². The van der Waals surface area contributed by atoms with Gasteiger partial charge in [0.05, 0.1) is 6.54 Å². The third kappa shape index (κ3) is 5.46. The maximum Gasteiger partial charge on any atom is 0.236 e. The molecule has 1 saturated carbocycles. The molecule has 0 bridgehead atoms. The summed E-state index contributed by atoms with van der Waals surface area (Å²) in [5.74, 6) is 0.687. The molecule has 1 aromatic rings. The van der Waals surface area contributed by atoms with E-state index in [4.69, 9.17) is 0 Å². The van der Waals surface area contributed by atoms with Crippen molar-refractivity contribution in [3.63, 3.8) is 0 Å². The quantitative estimate of drug-likeness (QED) is 0.735. The predicted molar refractivity (Wildman–Crippen MR) is 82.3 cm³/mol. The third-order valence-electron chi connectivity index (χ3n) is 3.87. The molecule has 3 nitrogen and oxygen atoms in total. The first-order valence-electron chi connectivity index (χ1n) is 7.79. The molecule has 1 fully saturated rings. The summed E-state index contributed by atoms with van der Waals surface area (Å²) in [6.45, 7) is 5.19. The second kappa shape index (κ2) is 7.55. The number of carbonyl (C=O) groups excluding carboxylic acids is 1. The van der Waals surface area contributed by atoms with Crippen molar-refractivity contribution in [3.05, 3.63) is 35.6 Å². The average Bonchev–Trinajstić information content (AvgIpc) is 3.25. The van der Waals surface area contributed by atoms with Crippen LogP contribution in [0.1, 0.15) is 31.7 Å². The van der Waals surface area contributed by atoms with E-state index in [-0.39, 0.29) is 11.7 Å². The number of carbonyl (C=O) groups is 1. The van der Waals surface area contributed by atoms with E-state index in [1.165, 1.54) is 25.0 Å². The van der Waals surface area contributed by atoms with Crippen LogP contribution in [0.2, 0.25) is 0 Å². The molecule has 0 aliphatic heterocycles. The minimum Gasteiger partial charge on any atom is -0.340 e. The summed E-state index contributed by atoms with van der Waals surface area (Å²) in [5.41, 5.74) is 0.955. The van der Waals surface area contributed by atoms with Crippen molar-refractivity contribution in [3.8, 4) is 0 Å². The van der Waals surface area contributed by atoms with E-state index >= 15 is 0 Å². The Morgan fingerprint density at radius 2 is 1.95 bits per heavy atom. The molecular weight excluding hydrogens is 267 g/mol. The molecule has 0 spiro atoms. The van der Waals surface area contributed by atoms with Crippen molar-refractivity contribution in [1.82, 2.24) is 9.80 Å². The Morgan fingerprint density at radius 1 is 1.29 bits per heavy atom. The molecule has 0 aromatic heterocycles. The van der Waals surface area contributed by atoms with Crippen LogP contribution in [0.5, 0.6) is 0 Å². The van der Waals surface area contributed by atoms with Crippen LogP contribution >= 0.6 is 0 Å². The first-order chi connectivity index (χ1) is 10.1. The van der Waals surface area contributed by atoms with Gasteiger partial charge in [0.15, 0.2) is 0 Å². The lowest BCUT2D eigenvalue weighted by atomic mass is 10.2. The van der Waals surface area contributed by atoms with Gasteiger partial charge in [-0.1, -0.05) is 19.1 Å². The van der Waals surface area contributed by atoms with Crippen LogP contribution in [0.4, 0.5) is 4.39 Å². The predicted octanol–water partition coefficient (Wildman–Crippen LogP) is 2.91. The Labute approximate surface area is 126 Å². The van der Waals surface area contributed by atoms with Crippen molar-refractivity contribution in [2.24, 2.45) is 5.92 Å². The molecular formula is C17H25FN2O. The van der Waals surface area contributed by atoms with Crippen LogP contribution in [-0.4, -0.2) is 42.4 Å². The van der Waals surface area contributed by atoms with Gasteiger partial charge in [0.2, 0.25) is 5.91 Å². The molecule has 4 heteroatoms. The van der Waals surface area contributed by atoms with E-state index in [2.05, 4.69) is 11.8 Å². The number of hydrogen-bond acceptors (Lipinski definition) is 2. The minimum absolute atomic E-state index is 0.133. The molecule has 1 aromatic carbocycles. The van der Waals surface area contributed by atoms with Gasteiger partial charge in [-0.15, -0.1) is 0 Å². The van der Waals surface area contributed by atoms with E-state index in [9.17, 15) is 9.18 Å². The van der Waals surface area contributed by atoms with E-state index in [1.807, 2.05) is 7.05 Å². The van der Waals surface area contributed by atoms with Crippen molar-refractivity contribution >= 4 is 5.91 Å². The average molecular weight is 292 g/mol. The highest BCUT2D eigenvalue weighted by Gasteiger charge is 2.25. The van der Waals surface area contributed by atoms with Crippen molar-refractivity contribution in [2.75, 3.05) is 26.7 Å². The van der Waals surface area contributed by atoms with Gasteiger partial charge >= 0.3 is 0 Å². The Morgan fingerprint density at radius 3 is 2.52 bits per heavy atom. The molecule has 1 aliphatic carbocycles. The van der Waals surface area contributed by atoms with Crippen molar-refractivity contribution < 1.29 is 9.18 Å². The molecule has 0 unspecified atom stereocenters. The summed E-state index contributed by atoms with van der Waals surface area (Å²) in [7, 11) is 1.81. The Kier molecular flexibility index (Phi) is 5.74. The van der Waals surface area contributed by atoms with Crippen LogP contribution in [0.25, 0.3) is 0 Å². The lowest BCUT2D eigenvalue weighted by Gasteiger charge is -2.24. The number of rotatable bonds is 8. The zero-order valence-corrected chi connectivity index (χ0v) is 13.0. The van der Waals surface area contributed by atoms with E-state index < -0.39 is 0 Å². The van der Waals surface area contributed by atoms with Crippen LogP contribution in [0, 0.1) is 11.7 Å². The normalized spacial score (nSPS) is 14.5. The Bertz CT molecular complexity index is 456. The maximum atomic E-state index is 12.9. The van der Waals surface area contributed by atoms with Crippen molar-refractivity contribution in [1.29, 1.82) is 0 Å². The molecule has 0 saturated heterocycles. The summed E-state index contributed by atoms with van der Waals surface area (Å²) in [6.07, 6.45) is 3.68. The maximum absolute atomic E-state index is 12.9. The second-order valence-corrected chi connectivity index (χ2v) is 6.05. The molecule has 2 rings (SSSR count). The number of hydrogen-bond donors (Lipinski definition) is 0. The molecule has 1 amide bonds. The lowest BCUT2D eigenvalue weighted by Crippen LogP contribution is -2.39. The Balaban J connectivity index is 1.83. The van der Waals surface area contributed by atoms with Gasteiger partial charge < -0.3 is 4.90 Å². The molecule has 0 heterocycles. The highest BCUT2D eigenvalue weighted by molar-refractivity contribution is 5.78. The summed E-state index contributed by atoms with van der Waals surface area (Å²) in [6, 6.07) is 6.33. The molecule has 21 heavy (non-hydrogen) atoms. The topological polar surface area (TPSA) is 23.6 Å². The second-order valence-electron chi connectivity index (χ2n) is 6.05. The van der Waals surface area contributed by atoms with Gasteiger partial charge in [-0.05, 0) is 49.4 Å². The smallest absolute Gasteiger partial charge is 0.236 e. The zero-order chi connectivity index (χ0) is 15.2. The first-order valence-corrected chi connectivity index (χ1v) is 7.79. The lowest BCUT2D eigenvalue weighted by molar-refractivity contribution is -0.131. The van der Waals surface area contributed by atoms with Gasteiger partial charge in [-0.25, -0.2) is 4.39 Å². The number of likely N-dealkylation sites (N-methyl/N-ethyl adjacent to an activating group) is 1. The fourth-order valence-electron chi connectivity index (χ4n) is 2.48. The summed E-state index contributed by atoms with van der Waals surface area (Å²) < 4.78 is 12.9.